The third-order valence-electron chi connectivity index (χ3n) is 5.68. The van der Waals surface area contributed by atoms with Gasteiger partial charge >= 0.3 is 0 Å². The fourth-order valence-corrected chi connectivity index (χ4v) is 5.66. The summed E-state index contributed by atoms with van der Waals surface area (Å²) < 4.78 is 39.5. The van der Waals surface area contributed by atoms with Crippen LogP contribution in [0.5, 0.6) is 11.5 Å². The van der Waals surface area contributed by atoms with E-state index in [0.717, 1.165) is 5.56 Å². The summed E-state index contributed by atoms with van der Waals surface area (Å²) in [6.45, 7) is 3.63. The molecule has 1 atom stereocenters. The lowest BCUT2D eigenvalue weighted by molar-refractivity contribution is -0.129. The third-order valence-corrected chi connectivity index (χ3v) is 7.71. The summed E-state index contributed by atoms with van der Waals surface area (Å²) in [5, 5.41) is 3.37. The van der Waals surface area contributed by atoms with Gasteiger partial charge in [0.25, 0.3) is 15.9 Å². The molecule has 1 heterocycles. The average Bonchev–Trinajstić information content (AvgIpc) is 2.83. The monoisotopic (exact) mass is 514 g/mol. The van der Waals surface area contributed by atoms with E-state index in [-0.39, 0.29) is 22.9 Å². The van der Waals surface area contributed by atoms with Crippen molar-refractivity contribution in [2.75, 3.05) is 18.0 Å². The molecule has 1 N–H and O–H groups in total. The first kappa shape index (κ1) is 24.9. The Morgan fingerprint density at radius 2 is 1.80 bits per heavy atom. The van der Waals surface area contributed by atoms with Crippen LogP contribution in [0.1, 0.15) is 19.4 Å². The minimum Gasteiger partial charge on any atom is -0.497 e. The van der Waals surface area contributed by atoms with Gasteiger partial charge in [-0.25, -0.2) is 8.42 Å². The number of fused-ring (bicyclic) bond motifs is 1. The fraction of sp³-hybridized carbons (Fsp3) is 0.269. The number of sulfonamides is 1. The summed E-state index contributed by atoms with van der Waals surface area (Å²) in [5.74, 6) is 0.396. The van der Waals surface area contributed by atoms with Crippen molar-refractivity contribution in [2.24, 2.45) is 0 Å². The SMILES string of the molecule is COc1ccc(S(=O)(=O)N2CC(C(=O)NC(C)(C)Cc3ccccc3)Oc3ccc(Cl)cc32)cc1. The zero-order valence-corrected chi connectivity index (χ0v) is 21.3. The van der Waals surface area contributed by atoms with Crippen LogP contribution in [0.3, 0.4) is 0 Å². The molecular formula is C26H27ClN2O5S. The molecular weight excluding hydrogens is 488 g/mol. The second-order valence-corrected chi connectivity index (χ2v) is 11.3. The minimum atomic E-state index is -4.02. The van der Waals surface area contributed by atoms with E-state index in [0.29, 0.717) is 17.2 Å². The zero-order valence-electron chi connectivity index (χ0n) is 19.7. The van der Waals surface area contributed by atoms with Gasteiger partial charge in [-0.2, -0.15) is 0 Å². The second kappa shape index (κ2) is 9.79. The summed E-state index contributed by atoms with van der Waals surface area (Å²) in [7, 11) is -2.51. The van der Waals surface area contributed by atoms with Crippen molar-refractivity contribution in [2.45, 2.75) is 36.8 Å². The Kier molecular flexibility index (Phi) is 6.96. The summed E-state index contributed by atoms with van der Waals surface area (Å²) in [5.41, 5.74) is 0.772. The van der Waals surface area contributed by atoms with Crippen molar-refractivity contribution >= 4 is 33.2 Å². The third kappa shape index (κ3) is 5.55. The fourth-order valence-electron chi connectivity index (χ4n) is 4.03. The zero-order chi connectivity index (χ0) is 25.2. The number of nitrogens with one attached hydrogen (secondary N) is 1. The Bertz CT molecular complexity index is 1310. The Balaban J connectivity index is 1.62. The summed E-state index contributed by atoms with van der Waals surface area (Å²) in [6.07, 6.45) is -0.446. The Morgan fingerprint density at radius 1 is 1.11 bits per heavy atom. The molecule has 0 aliphatic carbocycles. The maximum atomic E-state index is 13.6. The Morgan fingerprint density at radius 3 is 2.46 bits per heavy atom. The van der Waals surface area contributed by atoms with E-state index in [9.17, 15) is 13.2 Å². The molecule has 0 radical (unpaired) electrons. The summed E-state index contributed by atoms with van der Waals surface area (Å²) in [6, 6.07) is 20.6. The number of methoxy groups -OCH3 is 1. The lowest BCUT2D eigenvalue weighted by Gasteiger charge is -2.36. The topological polar surface area (TPSA) is 84.9 Å². The highest BCUT2D eigenvalue weighted by Gasteiger charge is 2.39. The molecule has 1 aliphatic rings. The van der Waals surface area contributed by atoms with Crippen molar-refractivity contribution in [3.05, 3.63) is 83.4 Å². The first-order valence-electron chi connectivity index (χ1n) is 11.1. The Labute approximate surface area is 210 Å². The largest absolute Gasteiger partial charge is 0.497 e. The standard InChI is InChI=1S/C26H27ClN2O5S/c1-26(2,16-18-7-5-4-6-8-18)28-25(30)24-17-29(22-15-19(27)9-14-23(22)34-24)35(31,32)21-12-10-20(33-3)11-13-21/h4-15,24H,16-17H2,1-3H3,(H,28,30). The number of anilines is 1. The number of nitrogens with zero attached hydrogens (tertiary/aromatic N) is 1. The molecule has 0 aromatic heterocycles. The smallest absolute Gasteiger partial charge is 0.264 e. The van der Waals surface area contributed by atoms with Crippen molar-refractivity contribution < 1.29 is 22.7 Å². The quantitative estimate of drug-likeness (QED) is 0.504. The number of carbonyl (C=O) groups is 1. The first-order valence-corrected chi connectivity index (χ1v) is 12.9. The minimum absolute atomic E-state index is 0.0645. The molecule has 3 aromatic carbocycles. The second-order valence-electron chi connectivity index (χ2n) is 8.97. The number of halogens is 1. The molecule has 0 fully saturated rings. The van der Waals surface area contributed by atoms with Crippen LogP contribution < -0.4 is 19.1 Å². The maximum Gasteiger partial charge on any atom is 0.264 e. The molecule has 1 aliphatic heterocycles. The molecule has 0 bridgehead atoms. The van der Waals surface area contributed by atoms with Crippen LogP contribution >= 0.6 is 11.6 Å². The van der Waals surface area contributed by atoms with Crippen molar-refractivity contribution in [1.29, 1.82) is 0 Å². The van der Waals surface area contributed by atoms with E-state index in [1.165, 1.54) is 29.6 Å². The predicted molar refractivity (Wildman–Crippen MR) is 136 cm³/mol. The van der Waals surface area contributed by atoms with Crippen LogP contribution in [-0.2, 0) is 21.2 Å². The predicted octanol–water partition coefficient (Wildman–Crippen LogP) is 4.44. The number of rotatable bonds is 7. The highest BCUT2D eigenvalue weighted by Crippen LogP contribution is 2.39. The van der Waals surface area contributed by atoms with Gasteiger partial charge in [-0.1, -0.05) is 41.9 Å². The normalized spacial score (nSPS) is 15.7. The number of benzene rings is 3. The summed E-state index contributed by atoms with van der Waals surface area (Å²) in [4.78, 5) is 13.3. The Hall–Kier alpha value is -3.23. The molecule has 1 unspecified atom stereocenters. The number of ether oxygens (including phenoxy) is 2. The van der Waals surface area contributed by atoms with Crippen LogP contribution in [0.25, 0.3) is 0 Å². The van der Waals surface area contributed by atoms with Gasteiger partial charge in [-0.15, -0.1) is 0 Å². The van der Waals surface area contributed by atoms with Gasteiger partial charge < -0.3 is 14.8 Å². The van der Waals surface area contributed by atoms with E-state index < -0.39 is 27.6 Å². The molecule has 1 amide bonds. The molecule has 9 heteroatoms. The number of amides is 1. The van der Waals surface area contributed by atoms with Crippen LogP contribution in [0.4, 0.5) is 5.69 Å². The molecule has 0 saturated carbocycles. The maximum absolute atomic E-state index is 13.6. The van der Waals surface area contributed by atoms with Crippen LogP contribution in [-0.4, -0.2) is 39.6 Å². The lowest BCUT2D eigenvalue weighted by Crippen LogP contribution is -2.55. The van der Waals surface area contributed by atoms with E-state index in [1.807, 2.05) is 44.2 Å². The number of hydrogen-bond donors (Lipinski definition) is 1. The van der Waals surface area contributed by atoms with Crippen LogP contribution in [0.2, 0.25) is 5.02 Å². The molecule has 35 heavy (non-hydrogen) atoms. The highest BCUT2D eigenvalue weighted by atomic mass is 35.5. The van der Waals surface area contributed by atoms with E-state index in [1.54, 1.807) is 24.3 Å². The van der Waals surface area contributed by atoms with Crippen molar-refractivity contribution in [3.8, 4) is 11.5 Å². The van der Waals surface area contributed by atoms with Gasteiger partial charge in [0, 0.05) is 10.6 Å². The van der Waals surface area contributed by atoms with Gasteiger partial charge in [-0.3, -0.25) is 9.10 Å². The summed E-state index contributed by atoms with van der Waals surface area (Å²) >= 11 is 6.17. The van der Waals surface area contributed by atoms with Crippen molar-refractivity contribution in [3.63, 3.8) is 0 Å². The van der Waals surface area contributed by atoms with Gasteiger partial charge in [-0.05, 0) is 68.3 Å². The number of carbonyl (C=O) groups excluding carboxylic acids is 1. The van der Waals surface area contributed by atoms with Gasteiger partial charge in [0.1, 0.15) is 11.5 Å². The van der Waals surface area contributed by atoms with E-state index in [4.69, 9.17) is 21.1 Å². The van der Waals surface area contributed by atoms with Crippen LogP contribution in [0.15, 0.2) is 77.7 Å². The van der Waals surface area contributed by atoms with Crippen molar-refractivity contribution in [1.82, 2.24) is 5.32 Å². The highest BCUT2D eigenvalue weighted by molar-refractivity contribution is 7.92. The average molecular weight is 515 g/mol. The first-order chi connectivity index (χ1) is 16.6. The van der Waals surface area contributed by atoms with Crippen LogP contribution in [0, 0.1) is 0 Å². The van der Waals surface area contributed by atoms with Gasteiger partial charge in [0.05, 0.1) is 24.2 Å². The molecule has 3 aromatic rings. The van der Waals surface area contributed by atoms with E-state index in [2.05, 4.69) is 5.32 Å². The molecule has 4 rings (SSSR count). The van der Waals surface area contributed by atoms with Gasteiger partial charge in [0.15, 0.2) is 6.10 Å². The molecule has 0 saturated heterocycles. The lowest BCUT2D eigenvalue weighted by atomic mass is 9.94. The van der Waals surface area contributed by atoms with E-state index >= 15 is 0 Å². The molecule has 0 spiro atoms. The number of hydrogen-bond acceptors (Lipinski definition) is 5. The molecule has 7 nitrogen and oxygen atoms in total. The van der Waals surface area contributed by atoms with Gasteiger partial charge in [0.2, 0.25) is 0 Å². The molecule has 184 valence electrons.